The van der Waals surface area contributed by atoms with E-state index in [1.807, 2.05) is 12.3 Å². The van der Waals surface area contributed by atoms with Crippen molar-refractivity contribution in [3.8, 4) is 0 Å². The van der Waals surface area contributed by atoms with Gasteiger partial charge in [-0.25, -0.2) is 4.98 Å². The van der Waals surface area contributed by atoms with Crippen molar-refractivity contribution in [2.24, 2.45) is 0 Å². The normalized spacial score (nSPS) is 26.2. The first-order chi connectivity index (χ1) is 8.79. The second-order valence-corrected chi connectivity index (χ2v) is 4.88. The lowest BCUT2D eigenvalue weighted by Gasteiger charge is -2.49. The Hall–Kier alpha value is -1.62. The maximum absolute atomic E-state index is 11.4. The number of amides is 1. The molecule has 0 bridgehead atoms. The van der Waals surface area contributed by atoms with Gasteiger partial charge >= 0.3 is 0 Å². The third-order valence-corrected chi connectivity index (χ3v) is 3.94. The van der Waals surface area contributed by atoms with E-state index in [9.17, 15) is 4.79 Å². The molecule has 2 heterocycles. The van der Waals surface area contributed by atoms with Gasteiger partial charge in [-0.15, -0.1) is 0 Å². The minimum Gasteiger partial charge on any atom is -0.364 e. The number of hydrogen-bond acceptors (Lipinski definition) is 4. The lowest BCUT2D eigenvalue weighted by molar-refractivity contribution is 0.0958. The van der Waals surface area contributed by atoms with Gasteiger partial charge in [0, 0.05) is 32.2 Å². The van der Waals surface area contributed by atoms with Gasteiger partial charge in [0.25, 0.3) is 5.91 Å². The van der Waals surface area contributed by atoms with Crippen LogP contribution < -0.4 is 15.5 Å². The second kappa shape index (κ2) is 4.57. The minimum absolute atomic E-state index is 0.136. The Balaban J connectivity index is 1.78. The van der Waals surface area contributed by atoms with Crippen molar-refractivity contribution in [2.45, 2.75) is 24.9 Å². The Bertz CT molecular complexity index is 445. The summed E-state index contributed by atoms with van der Waals surface area (Å²) in [7, 11) is 1.62. The summed E-state index contributed by atoms with van der Waals surface area (Å²) >= 11 is 0. The second-order valence-electron chi connectivity index (χ2n) is 4.88. The van der Waals surface area contributed by atoms with Crippen LogP contribution in [-0.2, 0) is 0 Å². The molecule has 1 saturated carbocycles. The topological polar surface area (TPSA) is 57.3 Å². The average molecular weight is 246 g/mol. The summed E-state index contributed by atoms with van der Waals surface area (Å²) in [6.07, 6.45) is 4.32. The number of pyridine rings is 1. The Morgan fingerprint density at radius 2 is 2.39 bits per heavy atom. The number of aromatic nitrogens is 1. The van der Waals surface area contributed by atoms with Crippen molar-refractivity contribution < 1.29 is 4.79 Å². The molecular formula is C13H18N4O. The van der Waals surface area contributed by atoms with Crippen LogP contribution in [0.25, 0.3) is 0 Å². The molecule has 5 nitrogen and oxygen atoms in total. The van der Waals surface area contributed by atoms with Crippen LogP contribution in [0.5, 0.6) is 0 Å². The number of nitrogens with one attached hydrogen (secondary N) is 2. The Morgan fingerprint density at radius 3 is 3.00 bits per heavy atom. The fraction of sp³-hybridized carbons (Fsp3) is 0.538. The Labute approximate surface area is 107 Å². The van der Waals surface area contributed by atoms with Crippen LogP contribution in [0.15, 0.2) is 18.3 Å². The van der Waals surface area contributed by atoms with Crippen LogP contribution >= 0.6 is 0 Å². The Morgan fingerprint density at radius 1 is 1.50 bits per heavy atom. The molecule has 1 aliphatic heterocycles. The predicted molar refractivity (Wildman–Crippen MR) is 69.8 cm³/mol. The molecule has 96 valence electrons. The molecule has 1 aromatic rings. The smallest absolute Gasteiger partial charge is 0.269 e. The predicted octanol–water partition coefficient (Wildman–Crippen LogP) is 0.382. The van der Waals surface area contributed by atoms with Gasteiger partial charge in [0.05, 0.1) is 11.9 Å². The summed E-state index contributed by atoms with van der Waals surface area (Å²) in [5.74, 6) is -0.136. The first-order valence-electron chi connectivity index (χ1n) is 6.48. The van der Waals surface area contributed by atoms with Crippen LogP contribution in [0.2, 0.25) is 0 Å². The largest absolute Gasteiger partial charge is 0.364 e. The lowest BCUT2D eigenvalue weighted by atomic mass is 9.83. The standard InChI is InChI=1S/C13H18N4O/c1-14-13(18)11-3-2-9(8-16-11)17-7-6-15-10-4-5-12(10)17/h2-3,8,10,12,15H,4-7H2,1H3,(H,14,18)/t10-,12-/m1/s1. The van der Waals surface area contributed by atoms with Crippen molar-refractivity contribution in [1.82, 2.24) is 15.6 Å². The maximum Gasteiger partial charge on any atom is 0.269 e. The molecular weight excluding hydrogens is 228 g/mol. The number of rotatable bonds is 2. The highest BCUT2D eigenvalue weighted by Gasteiger charge is 2.38. The van der Waals surface area contributed by atoms with Crippen LogP contribution in [-0.4, -0.2) is 43.1 Å². The van der Waals surface area contributed by atoms with Crippen molar-refractivity contribution in [1.29, 1.82) is 0 Å². The zero-order valence-electron chi connectivity index (χ0n) is 10.5. The minimum atomic E-state index is -0.136. The molecule has 0 spiro atoms. The van der Waals surface area contributed by atoms with E-state index in [0.717, 1.165) is 18.8 Å². The summed E-state index contributed by atoms with van der Waals surface area (Å²) in [6.45, 7) is 2.04. The molecule has 0 unspecified atom stereocenters. The number of fused-ring (bicyclic) bond motifs is 1. The van der Waals surface area contributed by atoms with E-state index in [1.54, 1.807) is 13.1 Å². The van der Waals surface area contributed by atoms with Crippen LogP contribution in [0.1, 0.15) is 23.3 Å². The van der Waals surface area contributed by atoms with E-state index in [4.69, 9.17) is 0 Å². The molecule has 18 heavy (non-hydrogen) atoms. The average Bonchev–Trinajstić information content (AvgIpc) is 2.39. The molecule has 1 saturated heterocycles. The number of piperazine rings is 1. The molecule has 2 fully saturated rings. The number of carbonyl (C=O) groups excluding carboxylic acids is 1. The van der Waals surface area contributed by atoms with E-state index < -0.39 is 0 Å². The maximum atomic E-state index is 11.4. The molecule has 3 rings (SSSR count). The van der Waals surface area contributed by atoms with Gasteiger partial charge in [-0.05, 0) is 25.0 Å². The van der Waals surface area contributed by atoms with Crippen molar-refractivity contribution >= 4 is 11.6 Å². The van der Waals surface area contributed by atoms with Gasteiger partial charge in [-0.1, -0.05) is 0 Å². The molecule has 2 atom stereocenters. The fourth-order valence-electron chi connectivity index (χ4n) is 2.77. The monoisotopic (exact) mass is 246 g/mol. The van der Waals surface area contributed by atoms with Gasteiger partial charge in [-0.2, -0.15) is 0 Å². The van der Waals surface area contributed by atoms with Crippen LogP contribution in [0, 0.1) is 0 Å². The van der Waals surface area contributed by atoms with Crippen LogP contribution in [0.4, 0.5) is 5.69 Å². The lowest BCUT2D eigenvalue weighted by Crippen LogP contribution is -2.63. The van der Waals surface area contributed by atoms with E-state index >= 15 is 0 Å². The van der Waals surface area contributed by atoms with Gasteiger partial charge < -0.3 is 15.5 Å². The zero-order valence-corrected chi connectivity index (χ0v) is 10.5. The highest BCUT2D eigenvalue weighted by Crippen LogP contribution is 2.31. The molecule has 1 amide bonds. The highest BCUT2D eigenvalue weighted by atomic mass is 16.1. The molecule has 5 heteroatoms. The molecule has 1 aromatic heterocycles. The van der Waals surface area contributed by atoms with E-state index in [0.29, 0.717) is 17.8 Å². The number of nitrogens with zero attached hydrogens (tertiary/aromatic N) is 2. The number of hydrogen-bond donors (Lipinski definition) is 2. The molecule has 0 aromatic carbocycles. The Kier molecular flexibility index (Phi) is 2.91. The first kappa shape index (κ1) is 11.5. The zero-order chi connectivity index (χ0) is 12.5. The summed E-state index contributed by atoms with van der Waals surface area (Å²) < 4.78 is 0. The van der Waals surface area contributed by atoms with Gasteiger partial charge in [0.2, 0.25) is 0 Å². The van der Waals surface area contributed by atoms with E-state index in [2.05, 4.69) is 20.5 Å². The third-order valence-electron chi connectivity index (χ3n) is 3.94. The van der Waals surface area contributed by atoms with Crippen molar-refractivity contribution in [2.75, 3.05) is 25.0 Å². The summed E-state index contributed by atoms with van der Waals surface area (Å²) in [5.41, 5.74) is 1.60. The molecule has 0 radical (unpaired) electrons. The van der Waals surface area contributed by atoms with Gasteiger partial charge in [-0.3, -0.25) is 4.79 Å². The fourth-order valence-corrected chi connectivity index (χ4v) is 2.77. The highest BCUT2D eigenvalue weighted by molar-refractivity contribution is 5.92. The van der Waals surface area contributed by atoms with Gasteiger partial charge in [0.15, 0.2) is 0 Å². The summed E-state index contributed by atoms with van der Waals surface area (Å²) in [6, 6.07) is 5.03. The summed E-state index contributed by atoms with van der Waals surface area (Å²) in [4.78, 5) is 18.1. The van der Waals surface area contributed by atoms with Crippen LogP contribution in [0.3, 0.4) is 0 Å². The quantitative estimate of drug-likeness (QED) is 0.792. The van der Waals surface area contributed by atoms with Crippen molar-refractivity contribution in [3.63, 3.8) is 0 Å². The molecule has 2 N–H and O–H groups in total. The molecule has 2 aliphatic rings. The van der Waals surface area contributed by atoms with Crippen molar-refractivity contribution in [3.05, 3.63) is 24.0 Å². The van der Waals surface area contributed by atoms with E-state index in [-0.39, 0.29) is 5.91 Å². The SMILES string of the molecule is CNC(=O)c1ccc(N2CCN[C@@H]3CC[C@H]32)cn1. The van der Waals surface area contributed by atoms with E-state index in [1.165, 1.54) is 12.8 Å². The molecule has 1 aliphatic carbocycles. The third kappa shape index (κ3) is 1.84. The first-order valence-corrected chi connectivity index (χ1v) is 6.48. The van der Waals surface area contributed by atoms with Gasteiger partial charge in [0.1, 0.15) is 5.69 Å². The number of carbonyl (C=O) groups is 1. The summed E-state index contributed by atoms with van der Waals surface area (Å²) in [5, 5.41) is 6.11. The number of anilines is 1.